The zero-order valence-electron chi connectivity index (χ0n) is 8.68. The van der Waals surface area contributed by atoms with E-state index < -0.39 is 5.97 Å². The highest BCUT2D eigenvalue weighted by atomic mass is 32.1. The zero-order valence-corrected chi connectivity index (χ0v) is 9.50. The lowest BCUT2D eigenvalue weighted by atomic mass is 10.2. The molecule has 2 rings (SSSR count). The summed E-state index contributed by atoms with van der Waals surface area (Å²) >= 11 is 1.02. The maximum atomic E-state index is 13.3. The van der Waals surface area contributed by atoms with Crippen molar-refractivity contribution in [2.24, 2.45) is 0 Å². The minimum atomic E-state index is -1.01. The van der Waals surface area contributed by atoms with E-state index in [1.54, 1.807) is 18.2 Å². The standard InChI is InChI=1S/C11H9FN2O2S/c12-8-4-2-1-3-7(8)5-13-11-14-6-9(17-11)10(15)16/h1-4,6H,5H2,(H,13,14)(H,15,16). The maximum Gasteiger partial charge on any atom is 0.347 e. The Labute approximate surface area is 101 Å². The first-order valence-electron chi connectivity index (χ1n) is 4.83. The molecule has 0 aliphatic heterocycles. The molecule has 2 aromatic rings. The van der Waals surface area contributed by atoms with E-state index in [9.17, 15) is 9.18 Å². The van der Waals surface area contributed by atoms with Gasteiger partial charge in [0.05, 0.1) is 6.20 Å². The molecule has 17 heavy (non-hydrogen) atoms. The number of aromatic nitrogens is 1. The Morgan fingerprint density at radius 2 is 2.24 bits per heavy atom. The van der Waals surface area contributed by atoms with Crippen LogP contribution >= 0.6 is 11.3 Å². The van der Waals surface area contributed by atoms with Crippen LogP contribution in [0.4, 0.5) is 9.52 Å². The molecular weight excluding hydrogens is 243 g/mol. The lowest BCUT2D eigenvalue weighted by molar-refractivity contribution is 0.0702. The van der Waals surface area contributed by atoms with Crippen molar-refractivity contribution in [1.29, 1.82) is 0 Å². The van der Waals surface area contributed by atoms with E-state index >= 15 is 0 Å². The number of anilines is 1. The molecule has 88 valence electrons. The number of carboxylic acids is 1. The van der Waals surface area contributed by atoms with Gasteiger partial charge in [-0.25, -0.2) is 14.2 Å². The zero-order chi connectivity index (χ0) is 12.3. The van der Waals surface area contributed by atoms with Gasteiger partial charge in [-0.05, 0) is 6.07 Å². The first kappa shape index (κ1) is 11.5. The SMILES string of the molecule is O=C(O)c1cnc(NCc2ccccc2F)s1. The van der Waals surface area contributed by atoms with Crippen molar-refractivity contribution in [2.75, 3.05) is 5.32 Å². The molecule has 0 amide bonds. The van der Waals surface area contributed by atoms with Crippen molar-refractivity contribution in [3.63, 3.8) is 0 Å². The Hall–Kier alpha value is -1.95. The van der Waals surface area contributed by atoms with Gasteiger partial charge in [0, 0.05) is 12.1 Å². The van der Waals surface area contributed by atoms with Gasteiger partial charge in [0.25, 0.3) is 0 Å². The second kappa shape index (κ2) is 4.92. The number of hydrogen-bond donors (Lipinski definition) is 2. The fourth-order valence-corrected chi connectivity index (χ4v) is 1.92. The molecule has 0 fully saturated rings. The van der Waals surface area contributed by atoms with Crippen molar-refractivity contribution in [3.05, 3.63) is 46.7 Å². The van der Waals surface area contributed by atoms with Crippen LogP contribution < -0.4 is 5.32 Å². The number of aromatic carboxylic acids is 1. The number of rotatable bonds is 4. The second-order valence-electron chi connectivity index (χ2n) is 3.28. The average molecular weight is 252 g/mol. The Morgan fingerprint density at radius 1 is 1.47 bits per heavy atom. The van der Waals surface area contributed by atoms with Crippen LogP contribution in [0.25, 0.3) is 0 Å². The molecule has 0 unspecified atom stereocenters. The number of benzene rings is 1. The highest BCUT2D eigenvalue weighted by Gasteiger charge is 2.08. The van der Waals surface area contributed by atoms with E-state index in [2.05, 4.69) is 10.3 Å². The van der Waals surface area contributed by atoms with Crippen LogP contribution in [0.1, 0.15) is 15.2 Å². The van der Waals surface area contributed by atoms with E-state index in [-0.39, 0.29) is 17.2 Å². The molecule has 0 aliphatic rings. The van der Waals surface area contributed by atoms with Gasteiger partial charge in [0.2, 0.25) is 0 Å². The fraction of sp³-hybridized carbons (Fsp3) is 0.0909. The molecule has 1 aromatic heterocycles. The molecule has 0 saturated heterocycles. The highest BCUT2D eigenvalue weighted by Crippen LogP contribution is 2.19. The predicted octanol–water partition coefficient (Wildman–Crippen LogP) is 2.59. The first-order chi connectivity index (χ1) is 8.16. The molecule has 0 spiro atoms. The summed E-state index contributed by atoms with van der Waals surface area (Å²) in [4.78, 5) is 14.7. The van der Waals surface area contributed by atoms with Crippen molar-refractivity contribution in [2.45, 2.75) is 6.54 Å². The van der Waals surface area contributed by atoms with E-state index in [0.717, 1.165) is 11.3 Å². The average Bonchev–Trinajstić information content (AvgIpc) is 2.77. The van der Waals surface area contributed by atoms with Crippen LogP contribution in [-0.2, 0) is 6.54 Å². The number of carbonyl (C=O) groups is 1. The Bertz CT molecular complexity index is 542. The molecule has 0 atom stereocenters. The van der Waals surface area contributed by atoms with Gasteiger partial charge < -0.3 is 10.4 Å². The third-order valence-corrected chi connectivity index (χ3v) is 3.05. The smallest absolute Gasteiger partial charge is 0.347 e. The molecule has 1 heterocycles. The second-order valence-corrected chi connectivity index (χ2v) is 4.31. The normalized spacial score (nSPS) is 10.2. The highest BCUT2D eigenvalue weighted by molar-refractivity contribution is 7.17. The fourth-order valence-electron chi connectivity index (χ4n) is 1.27. The van der Waals surface area contributed by atoms with Gasteiger partial charge in [-0.2, -0.15) is 0 Å². The summed E-state index contributed by atoms with van der Waals surface area (Å²) < 4.78 is 13.3. The summed E-state index contributed by atoms with van der Waals surface area (Å²) in [5, 5.41) is 12.1. The van der Waals surface area contributed by atoms with E-state index in [1.165, 1.54) is 12.3 Å². The Kier molecular flexibility index (Phi) is 3.34. The summed E-state index contributed by atoms with van der Waals surface area (Å²) in [7, 11) is 0. The van der Waals surface area contributed by atoms with Crippen molar-refractivity contribution in [3.8, 4) is 0 Å². The summed E-state index contributed by atoms with van der Waals surface area (Å²) in [6.07, 6.45) is 1.27. The molecule has 6 heteroatoms. The molecule has 0 saturated carbocycles. The lowest BCUT2D eigenvalue weighted by Gasteiger charge is -2.03. The van der Waals surface area contributed by atoms with Crippen LogP contribution in [0.2, 0.25) is 0 Å². The summed E-state index contributed by atoms with van der Waals surface area (Å²) in [6.45, 7) is 0.277. The van der Waals surface area contributed by atoms with E-state index in [4.69, 9.17) is 5.11 Å². The molecule has 1 aromatic carbocycles. The van der Waals surface area contributed by atoms with Crippen molar-refractivity contribution < 1.29 is 14.3 Å². The van der Waals surface area contributed by atoms with Crippen molar-refractivity contribution in [1.82, 2.24) is 4.98 Å². The van der Waals surface area contributed by atoms with Crippen LogP contribution in [0, 0.1) is 5.82 Å². The van der Waals surface area contributed by atoms with E-state index in [0.29, 0.717) is 10.7 Å². The molecule has 4 nitrogen and oxygen atoms in total. The Balaban J connectivity index is 2.02. The number of nitrogens with one attached hydrogen (secondary N) is 1. The van der Waals surface area contributed by atoms with Crippen LogP contribution in [0.3, 0.4) is 0 Å². The third-order valence-electron chi connectivity index (χ3n) is 2.10. The molecular formula is C11H9FN2O2S. The number of carboxylic acid groups (broad SMARTS) is 1. The summed E-state index contributed by atoms with van der Waals surface area (Å²) in [6, 6.07) is 6.39. The first-order valence-corrected chi connectivity index (χ1v) is 5.65. The monoisotopic (exact) mass is 252 g/mol. The van der Waals surface area contributed by atoms with Gasteiger partial charge in [-0.3, -0.25) is 0 Å². The minimum absolute atomic E-state index is 0.154. The van der Waals surface area contributed by atoms with Crippen LogP contribution in [0.5, 0.6) is 0 Å². The van der Waals surface area contributed by atoms with E-state index in [1.807, 2.05) is 0 Å². The third kappa shape index (κ3) is 2.79. The van der Waals surface area contributed by atoms with Gasteiger partial charge >= 0.3 is 5.97 Å². The number of thiazole rings is 1. The maximum absolute atomic E-state index is 13.3. The summed E-state index contributed by atoms with van der Waals surface area (Å²) in [5.74, 6) is -1.31. The number of hydrogen-bond acceptors (Lipinski definition) is 4. The number of nitrogens with zero attached hydrogens (tertiary/aromatic N) is 1. The molecule has 0 aliphatic carbocycles. The minimum Gasteiger partial charge on any atom is -0.477 e. The van der Waals surface area contributed by atoms with Gasteiger partial charge in [-0.1, -0.05) is 29.5 Å². The topological polar surface area (TPSA) is 62.2 Å². The largest absolute Gasteiger partial charge is 0.477 e. The molecule has 0 radical (unpaired) electrons. The molecule has 2 N–H and O–H groups in total. The van der Waals surface area contributed by atoms with Crippen LogP contribution in [0.15, 0.2) is 30.5 Å². The number of halogens is 1. The Morgan fingerprint density at radius 3 is 2.88 bits per heavy atom. The van der Waals surface area contributed by atoms with Crippen LogP contribution in [-0.4, -0.2) is 16.1 Å². The lowest BCUT2D eigenvalue weighted by Crippen LogP contribution is -2.00. The van der Waals surface area contributed by atoms with Gasteiger partial charge in [0.1, 0.15) is 10.7 Å². The quantitative estimate of drug-likeness (QED) is 0.878. The van der Waals surface area contributed by atoms with Gasteiger partial charge in [-0.15, -0.1) is 0 Å². The van der Waals surface area contributed by atoms with Gasteiger partial charge in [0.15, 0.2) is 5.13 Å². The molecule has 0 bridgehead atoms. The summed E-state index contributed by atoms with van der Waals surface area (Å²) in [5.41, 5.74) is 0.513. The van der Waals surface area contributed by atoms with Crippen molar-refractivity contribution >= 4 is 22.4 Å². The predicted molar refractivity (Wildman–Crippen MR) is 62.8 cm³/mol.